The van der Waals surface area contributed by atoms with Crippen molar-refractivity contribution in [3.63, 3.8) is 0 Å². The minimum Gasteiger partial charge on any atom is -0.756 e. The van der Waals surface area contributed by atoms with E-state index in [9.17, 15) is 19.4 Å². The molecule has 0 heterocycles. The van der Waals surface area contributed by atoms with Crippen molar-refractivity contribution >= 4 is 13.7 Å². The highest BCUT2D eigenvalue weighted by molar-refractivity contribution is 7.45. The molecule has 0 saturated heterocycles. The number of phosphoric ester groups is 1. The van der Waals surface area contributed by atoms with Crippen molar-refractivity contribution < 1.29 is 32.9 Å². The first kappa shape index (κ1) is 51.0. The van der Waals surface area contributed by atoms with E-state index in [0.29, 0.717) is 23.9 Å². The van der Waals surface area contributed by atoms with Crippen LogP contribution in [-0.2, 0) is 18.4 Å². The van der Waals surface area contributed by atoms with Gasteiger partial charge >= 0.3 is 0 Å². The third kappa shape index (κ3) is 37.3. The molecular formula is C43H85N2O6P. The second kappa shape index (κ2) is 35.7. The van der Waals surface area contributed by atoms with Gasteiger partial charge in [0.05, 0.1) is 39.9 Å². The van der Waals surface area contributed by atoms with Gasteiger partial charge in [-0.2, -0.15) is 0 Å². The van der Waals surface area contributed by atoms with E-state index in [0.717, 1.165) is 44.9 Å². The van der Waals surface area contributed by atoms with E-state index < -0.39 is 20.0 Å². The second-order valence-electron chi connectivity index (χ2n) is 16.1. The molecular weight excluding hydrogens is 671 g/mol. The summed E-state index contributed by atoms with van der Waals surface area (Å²) < 4.78 is 23.2. The summed E-state index contributed by atoms with van der Waals surface area (Å²) in [6, 6.07) is -0.798. The lowest BCUT2D eigenvalue weighted by molar-refractivity contribution is -0.870. The summed E-state index contributed by atoms with van der Waals surface area (Å²) in [6.45, 7) is 4.67. The van der Waals surface area contributed by atoms with Gasteiger partial charge in [-0.1, -0.05) is 167 Å². The fraction of sp³-hybridized carbons (Fsp3) is 0.884. The molecule has 0 aliphatic carbocycles. The van der Waals surface area contributed by atoms with Gasteiger partial charge in [0.15, 0.2) is 0 Å². The number of quaternary nitrogens is 1. The van der Waals surface area contributed by atoms with Crippen molar-refractivity contribution in [2.24, 2.45) is 0 Å². The molecule has 3 atom stereocenters. The van der Waals surface area contributed by atoms with Crippen LogP contribution in [-0.4, -0.2) is 68.5 Å². The molecule has 8 nitrogen and oxygen atoms in total. The van der Waals surface area contributed by atoms with E-state index in [1.807, 2.05) is 21.1 Å². The Labute approximate surface area is 322 Å². The molecule has 0 aromatic heterocycles. The maximum atomic E-state index is 12.8. The van der Waals surface area contributed by atoms with Crippen molar-refractivity contribution in [3.8, 4) is 0 Å². The molecule has 0 aromatic rings. The fourth-order valence-corrected chi connectivity index (χ4v) is 6.91. The largest absolute Gasteiger partial charge is 0.756 e. The number of carbonyl (C=O) groups excluding carboxylic acids is 1. The number of aliphatic hydroxyl groups excluding tert-OH is 1. The number of rotatable bonds is 39. The van der Waals surface area contributed by atoms with Crippen LogP contribution in [0.5, 0.6) is 0 Å². The number of allylic oxidation sites excluding steroid dienone is 4. The van der Waals surface area contributed by atoms with E-state index >= 15 is 0 Å². The molecule has 0 aliphatic rings. The van der Waals surface area contributed by atoms with Crippen LogP contribution < -0.4 is 10.2 Å². The van der Waals surface area contributed by atoms with Crippen LogP contribution in [0.1, 0.15) is 194 Å². The van der Waals surface area contributed by atoms with Gasteiger partial charge in [0, 0.05) is 6.42 Å². The molecule has 0 radical (unpaired) electrons. The van der Waals surface area contributed by atoms with Gasteiger partial charge in [-0.25, -0.2) is 0 Å². The summed E-state index contributed by atoms with van der Waals surface area (Å²) in [7, 11) is 1.30. The van der Waals surface area contributed by atoms with E-state index in [1.54, 1.807) is 0 Å². The lowest BCUT2D eigenvalue weighted by atomic mass is 10.0. The van der Waals surface area contributed by atoms with Gasteiger partial charge in [-0.3, -0.25) is 9.36 Å². The Bertz CT molecular complexity index is 907. The quantitative estimate of drug-likeness (QED) is 0.0280. The summed E-state index contributed by atoms with van der Waals surface area (Å²) >= 11 is 0. The summed E-state index contributed by atoms with van der Waals surface area (Å²) in [6.07, 6.45) is 40.4. The minimum atomic E-state index is -4.56. The molecule has 52 heavy (non-hydrogen) atoms. The summed E-state index contributed by atoms with van der Waals surface area (Å²) in [4.78, 5) is 25.2. The first-order valence-corrected chi connectivity index (χ1v) is 23.1. The normalized spacial score (nSPS) is 14.7. The molecule has 0 bridgehead atoms. The summed E-state index contributed by atoms with van der Waals surface area (Å²) in [5.41, 5.74) is 0. The van der Waals surface area contributed by atoms with Crippen molar-refractivity contribution in [1.29, 1.82) is 0 Å². The molecule has 9 heteroatoms. The molecule has 1 amide bonds. The molecule has 0 fully saturated rings. The van der Waals surface area contributed by atoms with Crippen LogP contribution in [0.25, 0.3) is 0 Å². The van der Waals surface area contributed by atoms with Gasteiger partial charge in [0.1, 0.15) is 13.2 Å². The monoisotopic (exact) mass is 757 g/mol. The van der Waals surface area contributed by atoms with Crippen molar-refractivity contribution in [1.82, 2.24) is 5.32 Å². The molecule has 0 spiro atoms. The number of hydrogen-bond donors (Lipinski definition) is 2. The molecule has 0 rings (SSSR count). The Morgan fingerprint density at radius 3 is 1.60 bits per heavy atom. The van der Waals surface area contributed by atoms with Crippen LogP contribution in [0, 0.1) is 0 Å². The van der Waals surface area contributed by atoms with Crippen molar-refractivity contribution in [2.45, 2.75) is 206 Å². The molecule has 308 valence electrons. The van der Waals surface area contributed by atoms with Gasteiger partial charge in [0.25, 0.3) is 7.82 Å². The van der Waals surface area contributed by atoms with E-state index in [4.69, 9.17) is 9.05 Å². The Kier molecular flexibility index (Phi) is 35.0. The Hall–Kier alpha value is -1.02. The fourth-order valence-electron chi connectivity index (χ4n) is 6.19. The van der Waals surface area contributed by atoms with Gasteiger partial charge in [-0.15, -0.1) is 0 Å². The van der Waals surface area contributed by atoms with Gasteiger partial charge < -0.3 is 28.8 Å². The first-order valence-electron chi connectivity index (χ1n) is 21.7. The summed E-state index contributed by atoms with van der Waals surface area (Å²) in [5.74, 6) is -0.172. The van der Waals surface area contributed by atoms with E-state index in [-0.39, 0.29) is 19.1 Å². The molecule has 0 saturated carbocycles. The number of nitrogens with zero attached hydrogens (tertiary/aromatic N) is 1. The van der Waals surface area contributed by atoms with E-state index in [1.165, 1.54) is 122 Å². The zero-order valence-electron chi connectivity index (χ0n) is 34.8. The highest BCUT2D eigenvalue weighted by Crippen LogP contribution is 2.38. The maximum absolute atomic E-state index is 12.8. The van der Waals surface area contributed by atoms with Crippen molar-refractivity contribution in [3.05, 3.63) is 24.3 Å². The second-order valence-corrected chi connectivity index (χ2v) is 17.5. The average Bonchev–Trinajstić information content (AvgIpc) is 3.09. The number of aliphatic hydroxyl groups is 1. The number of carbonyl (C=O) groups is 1. The standard InChI is InChI=1S/C43H85N2O6P/c1-6-8-10-12-14-16-17-18-19-20-21-22-23-24-25-26-27-29-31-33-35-37-43(47)44-41(40-51-52(48,49)50-39-38-45(3,4)5)42(46)36-34-32-30-28-15-13-11-9-7-2/h17-18,20-21,41-42,46H,6-16,19,22-40H2,1-5H3,(H-,44,47,48,49)/b18-17-,21-20-. The number of nitrogens with one attached hydrogen (secondary N) is 1. The summed E-state index contributed by atoms with van der Waals surface area (Å²) in [5, 5.41) is 13.8. The Morgan fingerprint density at radius 2 is 1.12 bits per heavy atom. The number of unbranched alkanes of at least 4 members (excludes halogenated alkanes) is 22. The van der Waals surface area contributed by atoms with Gasteiger partial charge in [0.2, 0.25) is 5.91 Å². The number of amides is 1. The Balaban J connectivity index is 4.25. The zero-order chi connectivity index (χ0) is 38.6. The third-order valence-corrected chi connectivity index (χ3v) is 10.7. The predicted octanol–water partition coefficient (Wildman–Crippen LogP) is 11.1. The molecule has 3 unspecified atom stereocenters. The lowest BCUT2D eigenvalue weighted by Gasteiger charge is -2.30. The Morgan fingerprint density at radius 1 is 0.673 bits per heavy atom. The van der Waals surface area contributed by atoms with Crippen LogP contribution in [0.3, 0.4) is 0 Å². The average molecular weight is 757 g/mol. The number of hydrogen-bond acceptors (Lipinski definition) is 6. The molecule has 0 aliphatic heterocycles. The third-order valence-electron chi connectivity index (χ3n) is 9.69. The van der Waals surface area contributed by atoms with Crippen LogP contribution in [0.2, 0.25) is 0 Å². The zero-order valence-corrected chi connectivity index (χ0v) is 35.7. The molecule has 2 N–H and O–H groups in total. The topological polar surface area (TPSA) is 108 Å². The van der Waals surface area contributed by atoms with E-state index in [2.05, 4.69) is 43.5 Å². The SMILES string of the molecule is CCCCCCC/C=C\C/C=C\CCCCCCCCCCCC(=O)NC(COP(=O)([O-])OCC[N+](C)(C)C)C(O)CCCCCCCCCCC. The predicted molar refractivity (Wildman–Crippen MR) is 219 cm³/mol. The number of phosphoric acid groups is 1. The van der Waals surface area contributed by atoms with Crippen molar-refractivity contribution in [2.75, 3.05) is 40.9 Å². The van der Waals surface area contributed by atoms with Crippen LogP contribution in [0.4, 0.5) is 0 Å². The molecule has 0 aromatic carbocycles. The first-order chi connectivity index (χ1) is 25.0. The highest BCUT2D eigenvalue weighted by atomic mass is 31.2. The van der Waals surface area contributed by atoms with Gasteiger partial charge in [-0.05, 0) is 44.9 Å². The van der Waals surface area contributed by atoms with Crippen LogP contribution in [0.15, 0.2) is 24.3 Å². The smallest absolute Gasteiger partial charge is 0.268 e. The minimum absolute atomic E-state index is 0.0115. The maximum Gasteiger partial charge on any atom is 0.268 e. The lowest BCUT2D eigenvalue weighted by Crippen LogP contribution is -2.46. The number of likely N-dealkylation sites (N-methyl/N-ethyl adjacent to an activating group) is 1. The highest BCUT2D eigenvalue weighted by Gasteiger charge is 2.24. The van der Waals surface area contributed by atoms with Crippen LogP contribution >= 0.6 is 7.82 Å².